The quantitative estimate of drug-likeness (QED) is 0.463. The van der Waals surface area contributed by atoms with Gasteiger partial charge in [0.15, 0.2) is 0 Å². The Hall–Kier alpha value is -3.61. The molecule has 0 bridgehead atoms. The molecule has 2 aromatic carbocycles. The van der Waals surface area contributed by atoms with Gasteiger partial charge in [-0.25, -0.2) is 9.59 Å². The lowest BCUT2D eigenvalue weighted by molar-refractivity contribution is 0.0459. The molecule has 3 rings (SSSR count). The Bertz CT molecular complexity index is 1110. The molecule has 1 heterocycles. The fourth-order valence-corrected chi connectivity index (χ4v) is 2.72. The highest BCUT2D eigenvalue weighted by molar-refractivity contribution is 6.05. The molecule has 0 atom stereocenters. The third-order valence-electron chi connectivity index (χ3n) is 4.19. The Balaban J connectivity index is 1.74. The number of benzene rings is 2. The molecule has 7 heteroatoms. The van der Waals surface area contributed by atoms with Crippen LogP contribution in [-0.2, 0) is 4.74 Å². The number of hydrogen-bond donors (Lipinski definition) is 1. The smallest absolute Gasteiger partial charge is 0.349 e. The molecule has 0 aliphatic rings. The molecule has 0 spiro atoms. The van der Waals surface area contributed by atoms with Gasteiger partial charge in [-0.05, 0) is 55.3 Å². The monoisotopic (exact) mass is 409 g/mol. The number of anilines is 1. The van der Waals surface area contributed by atoms with Gasteiger partial charge in [0, 0.05) is 17.1 Å². The van der Waals surface area contributed by atoms with Crippen LogP contribution in [0.15, 0.2) is 57.7 Å². The highest BCUT2D eigenvalue weighted by Crippen LogP contribution is 2.21. The van der Waals surface area contributed by atoms with Gasteiger partial charge in [-0.1, -0.05) is 13.8 Å². The number of fused-ring (bicyclic) bond motifs is 1. The van der Waals surface area contributed by atoms with Crippen molar-refractivity contribution in [2.75, 3.05) is 18.5 Å². The van der Waals surface area contributed by atoms with E-state index in [1.165, 1.54) is 6.07 Å². The molecular weight excluding hydrogens is 386 g/mol. The van der Waals surface area contributed by atoms with Crippen LogP contribution in [0.5, 0.6) is 5.75 Å². The van der Waals surface area contributed by atoms with Gasteiger partial charge in [-0.15, -0.1) is 0 Å². The van der Waals surface area contributed by atoms with Crippen LogP contribution in [0.1, 0.15) is 41.5 Å². The van der Waals surface area contributed by atoms with Crippen LogP contribution in [0.25, 0.3) is 11.0 Å². The van der Waals surface area contributed by atoms with Crippen LogP contribution in [0, 0.1) is 5.92 Å². The highest BCUT2D eigenvalue weighted by atomic mass is 16.5. The second-order valence-electron chi connectivity index (χ2n) is 7.10. The molecule has 0 saturated heterocycles. The van der Waals surface area contributed by atoms with Crippen molar-refractivity contribution < 1.29 is 23.5 Å². The lowest BCUT2D eigenvalue weighted by Crippen LogP contribution is -2.20. The van der Waals surface area contributed by atoms with Crippen LogP contribution in [-0.4, -0.2) is 25.1 Å². The third-order valence-corrected chi connectivity index (χ3v) is 4.19. The Morgan fingerprint density at radius 1 is 1.07 bits per heavy atom. The maximum Gasteiger partial charge on any atom is 0.349 e. The maximum atomic E-state index is 12.6. The zero-order valence-electron chi connectivity index (χ0n) is 17.1. The zero-order valence-corrected chi connectivity index (χ0v) is 17.1. The first kappa shape index (κ1) is 21.1. The van der Waals surface area contributed by atoms with Crippen LogP contribution in [0.4, 0.5) is 5.69 Å². The van der Waals surface area contributed by atoms with Crippen LogP contribution in [0.2, 0.25) is 0 Å². The molecule has 1 aromatic heterocycles. The maximum absolute atomic E-state index is 12.6. The summed E-state index contributed by atoms with van der Waals surface area (Å²) in [6.07, 6.45) is 0. The summed E-state index contributed by atoms with van der Waals surface area (Å²) in [5.74, 6) is -0.206. The summed E-state index contributed by atoms with van der Waals surface area (Å²) < 4.78 is 15.8. The number of carbonyl (C=O) groups excluding carboxylic acids is 2. The molecular formula is C23H23NO6. The predicted octanol–water partition coefficient (Wildman–Crippen LogP) is 4.26. The van der Waals surface area contributed by atoms with Crippen LogP contribution < -0.4 is 15.7 Å². The summed E-state index contributed by atoms with van der Waals surface area (Å²) in [4.78, 5) is 36.8. The van der Waals surface area contributed by atoms with Crippen molar-refractivity contribution in [3.05, 3.63) is 70.1 Å². The third kappa shape index (κ3) is 5.05. The number of carbonyl (C=O) groups is 2. The predicted molar refractivity (Wildman–Crippen MR) is 113 cm³/mol. The standard InChI is InChI=1S/C23H23NO6/c1-4-28-18-10-7-16-11-19(23(27)30-20(16)12-18)21(25)24-17-8-5-15(6-9-17)22(26)29-13-14(2)3/h5-12,14H,4,13H2,1-3H3,(H,24,25). The highest BCUT2D eigenvalue weighted by Gasteiger charge is 2.15. The lowest BCUT2D eigenvalue weighted by Gasteiger charge is -2.09. The SMILES string of the molecule is CCOc1ccc2cc(C(=O)Nc3ccc(C(=O)OCC(C)C)cc3)c(=O)oc2c1. The van der Waals surface area contributed by atoms with Crippen LogP contribution in [0.3, 0.4) is 0 Å². The molecule has 0 radical (unpaired) electrons. The summed E-state index contributed by atoms with van der Waals surface area (Å²) in [7, 11) is 0. The minimum Gasteiger partial charge on any atom is -0.494 e. The van der Waals surface area contributed by atoms with Crippen molar-refractivity contribution in [1.82, 2.24) is 0 Å². The summed E-state index contributed by atoms with van der Waals surface area (Å²) in [6, 6.07) is 12.8. The number of ether oxygens (including phenoxy) is 2. The van der Waals surface area contributed by atoms with E-state index in [9.17, 15) is 14.4 Å². The first-order chi connectivity index (χ1) is 14.4. The van der Waals surface area contributed by atoms with E-state index in [0.29, 0.717) is 41.2 Å². The van der Waals surface area contributed by atoms with E-state index in [1.807, 2.05) is 20.8 Å². The number of esters is 1. The number of nitrogens with one attached hydrogen (secondary N) is 1. The van der Waals surface area contributed by atoms with Gasteiger partial charge in [-0.3, -0.25) is 4.79 Å². The average molecular weight is 409 g/mol. The van der Waals surface area contributed by atoms with E-state index in [4.69, 9.17) is 13.9 Å². The van der Waals surface area contributed by atoms with E-state index in [-0.39, 0.29) is 11.5 Å². The van der Waals surface area contributed by atoms with Crippen molar-refractivity contribution in [3.63, 3.8) is 0 Å². The second kappa shape index (κ2) is 9.26. The van der Waals surface area contributed by atoms with E-state index in [1.54, 1.807) is 42.5 Å². The van der Waals surface area contributed by atoms with E-state index in [2.05, 4.69) is 5.32 Å². The van der Waals surface area contributed by atoms with Gasteiger partial charge in [0.2, 0.25) is 0 Å². The molecule has 0 aliphatic heterocycles. The molecule has 7 nitrogen and oxygen atoms in total. The second-order valence-corrected chi connectivity index (χ2v) is 7.10. The largest absolute Gasteiger partial charge is 0.494 e. The van der Waals surface area contributed by atoms with Gasteiger partial charge < -0.3 is 19.2 Å². The Morgan fingerprint density at radius 3 is 2.47 bits per heavy atom. The molecule has 0 fully saturated rings. The van der Waals surface area contributed by atoms with E-state index < -0.39 is 17.5 Å². The minimum atomic E-state index is -0.748. The Kier molecular flexibility index (Phi) is 6.51. The van der Waals surface area contributed by atoms with Crippen molar-refractivity contribution in [2.24, 2.45) is 5.92 Å². The summed E-state index contributed by atoms with van der Waals surface area (Å²) >= 11 is 0. The topological polar surface area (TPSA) is 94.8 Å². The number of rotatable bonds is 7. The van der Waals surface area contributed by atoms with Crippen molar-refractivity contribution in [3.8, 4) is 5.75 Å². The van der Waals surface area contributed by atoms with Crippen LogP contribution >= 0.6 is 0 Å². The van der Waals surface area contributed by atoms with E-state index >= 15 is 0 Å². The first-order valence-corrected chi connectivity index (χ1v) is 9.66. The summed E-state index contributed by atoms with van der Waals surface area (Å²) in [6.45, 7) is 6.58. The summed E-state index contributed by atoms with van der Waals surface area (Å²) in [5, 5.41) is 3.24. The van der Waals surface area contributed by atoms with Gasteiger partial charge >= 0.3 is 11.6 Å². The lowest BCUT2D eigenvalue weighted by atomic mass is 10.1. The fourth-order valence-electron chi connectivity index (χ4n) is 2.72. The molecule has 0 saturated carbocycles. The zero-order chi connectivity index (χ0) is 21.7. The molecule has 0 aliphatic carbocycles. The molecule has 0 unspecified atom stereocenters. The molecule has 1 amide bonds. The van der Waals surface area contributed by atoms with Gasteiger partial charge in [0.1, 0.15) is 16.9 Å². The van der Waals surface area contributed by atoms with E-state index in [0.717, 1.165) is 0 Å². The Labute approximate surface area is 173 Å². The number of amides is 1. The van der Waals surface area contributed by atoms with Gasteiger partial charge in [0.05, 0.1) is 18.8 Å². The van der Waals surface area contributed by atoms with Crippen molar-refractivity contribution in [2.45, 2.75) is 20.8 Å². The number of hydrogen-bond acceptors (Lipinski definition) is 6. The summed E-state index contributed by atoms with van der Waals surface area (Å²) in [5.41, 5.74) is 0.289. The molecule has 30 heavy (non-hydrogen) atoms. The minimum absolute atomic E-state index is 0.118. The Morgan fingerprint density at radius 2 is 1.80 bits per heavy atom. The fraction of sp³-hybridized carbons (Fsp3) is 0.261. The molecule has 3 aromatic rings. The normalized spacial score (nSPS) is 10.8. The van der Waals surface area contributed by atoms with Gasteiger partial charge in [-0.2, -0.15) is 0 Å². The molecule has 1 N–H and O–H groups in total. The molecule has 156 valence electrons. The van der Waals surface area contributed by atoms with Crippen molar-refractivity contribution >= 4 is 28.5 Å². The van der Waals surface area contributed by atoms with Crippen molar-refractivity contribution in [1.29, 1.82) is 0 Å². The van der Waals surface area contributed by atoms with Gasteiger partial charge in [0.25, 0.3) is 5.91 Å². The average Bonchev–Trinajstić information content (AvgIpc) is 2.72. The first-order valence-electron chi connectivity index (χ1n) is 9.66.